The lowest BCUT2D eigenvalue weighted by Gasteiger charge is -2.30. The summed E-state index contributed by atoms with van der Waals surface area (Å²) in [5.41, 5.74) is 1.26. The molecule has 0 bridgehead atoms. The van der Waals surface area contributed by atoms with E-state index in [1.807, 2.05) is 19.1 Å². The molecule has 1 heterocycles. The minimum absolute atomic E-state index is 0.325. The normalized spacial score (nSPS) is 26.6. The summed E-state index contributed by atoms with van der Waals surface area (Å²) in [5, 5.41) is 7.31. The van der Waals surface area contributed by atoms with Crippen LogP contribution in [0.1, 0.15) is 57.4 Å². The number of hydrogen-bond donors (Lipinski definition) is 2. The summed E-state index contributed by atoms with van der Waals surface area (Å²) < 4.78 is 18.0. The van der Waals surface area contributed by atoms with Crippen LogP contribution in [0.2, 0.25) is 0 Å². The van der Waals surface area contributed by atoms with Crippen molar-refractivity contribution < 1.29 is 8.95 Å². The van der Waals surface area contributed by atoms with Gasteiger partial charge in [0.2, 0.25) is 0 Å². The Balaban J connectivity index is 1.63. The van der Waals surface area contributed by atoms with E-state index in [1.165, 1.54) is 5.56 Å². The van der Waals surface area contributed by atoms with E-state index >= 15 is 0 Å². The molecular formula is C21H33N3O2S. The van der Waals surface area contributed by atoms with Gasteiger partial charge in [-0.2, -0.15) is 0 Å². The van der Waals surface area contributed by atoms with Gasteiger partial charge in [-0.05, 0) is 44.2 Å². The van der Waals surface area contributed by atoms with Crippen molar-refractivity contribution in [2.45, 2.75) is 63.2 Å². The number of aliphatic imine (C=N–C) groups is 1. The second-order valence-electron chi connectivity index (χ2n) is 7.39. The minimum atomic E-state index is -0.699. The molecule has 5 nitrogen and oxygen atoms in total. The van der Waals surface area contributed by atoms with Gasteiger partial charge in [-0.3, -0.25) is 9.20 Å². The van der Waals surface area contributed by atoms with Crippen LogP contribution in [0, 0.1) is 0 Å². The summed E-state index contributed by atoms with van der Waals surface area (Å²) in [6.07, 6.45) is 5.33. The predicted octanol–water partition coefficient (Wildman–Crippen LogP) is 3.19. The van der Waals surface area contributed by atoms with Gasteiger partial charge in [-0.1, -0.05) is 31.5 Å². The third kappa shape index (κ3) is 5.47. The van der Waals surface area contributed by atoms with Crippen molar-refractivity contribution in [3.63, 3.8) is 0 Å². The molecule has 27 heavy (non-hydrogen) atoms. The van der Waals surface area contributed by atoms with Crippen molar-refractivity contribution in [1.29, 1.82) is 0 Å². The van der Waals surface area contributed by atoms with E-state index in [-0.39, 0.29) is 0 Å². The quantitative estimate of drug-likeness (QED) is 0.577. The highest BCUT2D eigenvalue weighted by atomic mass is 32.2. The highest BCUT2D eigenvalue weighted by Crippen LogP contribution is 2.33. The van der Waals surface area contributed by atoms with E-state index in [4.69, 9.17) is 9.73 Å². The second-order valence-corrected chi connectivity index (χ2v) is 9.40. The second kappa shape index (κ2) is 10.1. The van der Waals surface area contributed by atoms with Crippen LogP contribution in [0.25, 0.3) is 0 Å². The summed E-state index contributed by atoms with van der Waals surface area (Å²) in [4.78, 5) is 4.88. The van der Waals surface area contributed by atoms with E-state index in [0.717, 1.165) is 69.3 Å². The topological polar surface area (TPSA) is 62.7 Å². The van der Waals surface area contributed by atoms with Crippen molar-refractivity contribution in [1.82, 2.24) is 10.6 Å². The number of rotatable bonds is 6. The molecule has 4 atom stereocenters. The fraction of sp³-hybridized carbons (Fsp3) is 0.667. The SMILES string of the molecule is CCNC(=NCC1CCOc2ccccc21)NC1CCCC(S(=O)CC)C1. The molecule has 150 valence electrons. The van der Waals surface area contributed by atoms with Crippen LogP contribution < -0.4 is 15.4 Å². The molecule has 0 aromatic heterocycles. The van der Waals surface area contributed by atoms with Gasteiger partial charge in [0.1, 0.15) is 5.75 Å². The fourth-order valence-corrected chi connectivity index (χ4v) is 5.42. The molecular weight excluding hydrogens is 358 g/mol. The Labute approximate surface area is 165 Å². The largest absolute Gasteiger partial charge is 0.493 e. The van der Waals surface area contributed by atoms with E-state index in [2.05, 4.69) is 29.7 Å². The maximum absolute atomic E-state index is 12.2. The third-order valence-corrected chi connectivity index (χ3v) is 7.26. The van der Waals surface area contributed by atoms with Crippen molar-refractivity contribution >= 4 is 16.8 Å². The van der Waals surface area contributed by atoms with Gasteiger partial charge in [0, 0.05) is 46.9 Å². The molecule has 1 aromatic rings. The Morgan fingerprint density at radius 3 is 2.93 bits per heavy atom. The summed E-state index contributed by atoms with van der Waals surface area (Å²) >= 11 is 0. The van der Waals surface area contributed by atoms with Crippen molar-refractivity contribution in [2.75, 3.05) is 25.4 Å². The van der Waals surface area contributed by atoms with E-state index in [9.17, 15) is 4.21 Å². The number of fused-ring (bicyclic) bond motifs is 1. The first-order valence-corrected chi connectivity index (χ1v) is 11.7. The number of benzene rings is 1. The molecule has 0 radical (unpaired) electrons. The smallest absolute Gasteiger partial charge is 0.191 e. The van der Waals surface area contributed by atoms with Gasteiger partial charge < -0.3 is 15.4 Å². The zero-order valence-electron chi connectivity index (χ0n) is 16.6. The zero-order chi connectivity index (χ0) is 19.1. The van der Waals surface area contributed by atoms with Crippen molar-refractivity contribution in [3.8, 4) is 5.75 Å². The average Bonchev–Trinajstić information content (AvgIpc) is 2.71. The number of nitrogens with one attached hydrogen (secondary N) is 2. The molecule has 2 N–H and O–H groups in total. The van der Waals surface area contributed by atoms with E-state index < -0.39 is 10.8 Å². The standard InChI is InChI=1S/C21H33N3O2S/c1-3-22-21(24-17-8-7-9-18(14-17)27(25)4-2)23-15-16-12-13-26-20-11-6-5-10-19(16)20/h5-6,10-11,16-18H,3-4,7-9,12-15H2,1-2H3,(H2,22,23,24). The summed E-state index contributed by atoms with van der Waals surface area (Å²) in [6, 6.07) is 8.66. The number of guanidine groups is 1. The summed E-state index contributed by atoms with van der Waals surface area (Å²) in [6.45, 7) is 6.47. The maximum atomic E-state index is 12.2. The lowest BCUT2D eigenvalue weighted by atomic mass is 9.93. The van der Waals surface area contributed by atoms with Crippen LogP contribution in [0.3, 0.4) is 0 Å². The summed E-state index contributed by atoms with van der Waals surface area (Å²) in [7, 11) is -0.699. The molecule has 1 aliphatic carbocycles. The van der Waals surface area contributed by atoms with Crippen LogP contribution in [0.15, 0.2) is 29.3 Å². The highest BCUT2D eigenvalue weighted by molar-refractivity contribution is 7.85. The molecule has 1 saturated carbocycles. The molecule has 4 unspecified atom stereocenters. The predicted molar refractivity (Wildman–Crippen MR) is 113 cm³/mol. The molecule has 0 spiro atoms. The number of para-hydroxylation sites is 1. The van der Waals surface area contributed by atoms with Gasteiger partial charge in [0.25, 0.3) is 0 Å². The molecule has 1 fully saturated rings. The van der Waals surface area contributed by atoms with Crippen LogP contribution in [-0.2, 0) is 10.8 Å². The van der Waals surface area contributed by atoms with Gasteiger partial charge in [0.05, 0.1) is 6.61 Å². The minimum Gasteiger partial charge on any atom is -0.493 e. The van der Waals surface area contributed by atoms with Gasteiger partial charge in [0.15, 0.2) is 5.96 Å². The van der Waals surface area contributed by atoms with Crippen LogP contribution in [0.5, 0.6) is 5.75 Å². The van der Waals surface area contributed by atoms with Crippen molar-refractivity contribution in [2.24, 2.45) is 4.99 Å². The first kappa shape index (κ1) is 20.2. The first-order valence-electron chi connectivity index (χ1n) is 10.3. The van der Waals surface area contributed by atoms with Crippen LogP contribution in [0.4, 0.5) is 0 Å². The summed E-state index contributed by atoms with van der Waals surface area (Å²) in [5.74, 6) is 3.04. The number of hydrogen-bond acceptors (Lipinski definition) is 3. The Kier molecular flexibility index (Phi) is 7.56. The Morgan fingerprint density at radius 1 is 1.26 bits per heavy atom. The molecule has 1 aromatic carbocycles. The van der Waals surface area contributed by atoms with Gasteiger partial charge in [-0.15, -0.1) is 0 Å². The molecule has 6 heteroatoms. The number of ether oxygens (including phenoxy) is 1. The molecule has 3 rings (SSSR count). The van der Waals surface area contributed by atoms with Crippen molar-refractivity contribution in [3.05, 3.63) is 29.8 Å². The van der Waals surface area contributed by atoms with Gasteiger partial charge >= 0.3 is 0 Å². The maximum Gasteiger partial charge on any atom is 0.191 e. The van der Waals surface area contributed by atoms with Crippen LogP contribution >= 0.6 is 0 Å². The molecule has 0 saturated heterocycles. The Hall–Kier alpha value is -1.56. The lowest BCUT2D eigenvalue weighted by molar-refractivity contribution is 0.269. The van der Waals surface area contributed by atoms with Crippen LogP contribution in [-0.4, -0.2) is 46.9 Å². The molecule has 2 aliphatic rings. The van der Waals surface area contributed by atoms with Gasteiger partial charge in [-0.25, -0.2) is 0 Å². The lowest BCUT2D eigenvalue weighted by Crippen LogP contribution is -2.46. The molecule has 0 amide bonds. The highest BCUT2D eigenvalue weighted by Gasteiger charge is 2.26. The Bertz CT molecular complexity index is 665. The monoisotopic (exact) mass is 391 g/mol. The first-order chi connectivity index (χ1) is 13.2. The average molecular weight is 392 g/mol. The third-order valence-electron chi connectivity index (χ3n) is 5.52. The number of nitrogens with zero attached hydrogens (tertiary/aromatic N) is 1. The van der Waals surface area contributed by atoms with E-state index in [0.29, 0.717) is 17.2 Å². The zero-order valence-corrected chi connectivity index (χ0v) is 17.4. The Morgan fingerprint density at radius 2 is 2.11 bits per heavy atom. The van der Waals surface area contributed by atoms with E-state index in [1.54, 1.807) is 0 Å². The molecule has 1 aliphatic heterocycles. The fourth-order valence-electron chi connectivity index (χ4n) is 4.07.